The summed E-state index contributed by atoms with van der Waals surface area (Å²) in [6.45, 7) is 1.93. The Kier molecular flexibility index (Phi) is 4.95. The topological polar surface area (TPSA) is 61.7 Å². The molecule has 0 aliphatic rings. The van der Waals surface area contributed by atoms with E-state index in [0.29, 0.717) is 17.0 Å². The molecule has 0 atom stereocenters. The normalized spacial score (nSPS) is 11.2. The third-order valence-electron chi connectivity index (χ3n) is 2.97. The van der Waals surface area contributed by atoms with Crippen LogP contribution in [0.4, 0.5) is 5.69 Å². The maximum atomic E-state index is 11.5. The smallest absolute Gasteiger partial charge is 0.239 e. The first-order chi connectivity index (χ1) is 10.2. The Hall–Kier alpha value is -2.33. The van der Waals surface area contributed by atoms with E-state index in [2.05, 4.69) is 10.5 Å². The van der Waals surface area contributed by atoms with Crippen molar-refractivity contribution in [3.63, 3.8) is 0 Å². The quantitative estimate of drug-likeness (QED) is 0.393. The molecule has 0 aromatic heterocycles. The van der Waals surface area contributed by atoms with E-state index in [4.69, 9.17) is 11.6 Å². The molecule has 0 radical (unpaired) electrons. The van der Waals surface area contributed by atoms with E-state index in [-0.39, 0.29) is 11.8 Å². The summed E-state index contributed by atoms with van der Waals surface area (Å²) in [4.78, 5) is 11.5. The molecule has 0 aliphatic heterocycles. The Morgan fingerprint density at radius 3 is 2.57 bits per heavy atom. The lowest BCUT2D eigenvalue weighted by Crippen LogP contribution is -2.16. The van der Waals surface area contributed by atoms with E-state index in [1.54, 1.807) is 6.07 Å². The number of amides is 1. The summed E-state index contributed by atoms with van der Waals surface area (Å²) in [7, 11) is 0. The molecule has 2 rings (SSSR count). The molecule has 2 aromatic rings. The predicted octanol–water partition coefficient (Wildman–Crippen LogP) is 3.40. The molecule has 0 aliphatic carbocycles. The Balaban J connectivity index is 2.50. The molecule has 21 heavy (non-hydrogen) atoms. The lowest BCUT2D eigenvalue weighted by Gasteiger charge is -2.13. The van der Waals surface area contributed by atoms with E-state index in [1.807, 2.05) is 49.4 Å². The molecule has 4 nitrogen and oxygen atoms in total. The van der Waals surface area contributed by atoms with Crippen LogP contribution in [0.25, 0.3) is 0 Å². The lowest BCUT2D eigenvalue weighted by atomic mass is 9.99. The minimum Gasteiger partial charge on any atom is -0.410 e. The van der Waals surface area contributed by atoms with Crippen LogP contribution in [-0.2, 0) is 4.79 Å². The lowest BCUT2D eigenvalue weighted by molar-refractivity contribution is -0.113. The first kappa shape index (κ1) is 15.1. The number of halogens is 1. The van der Waals surface area contributed by atoms with Gasteiger partial charge in [-0.25, -0.2) is 0 Å². The van der Waals surface area contributed by atoms with Gasteiger partial charge in [0.15, 0.2) is 0 Å². The number of benzene rings is 2. The number of hydrogen-bond acceptors (Lipinski definition) is 3. The predicted molar refractivity (Wildman–Crippen MR) is 84.4 cm³/mol. The van der Waals surface area contributed by atoms with Crippen molar-refractivity contribution < 1.29 is 10.0 Å². The molecule has 0 fully saturated rings. The van der Waals surface area contributed by atoms with Crippen molar-refractivity contribution in [2.24, 2.45) is 5.16 Å². The van der Waals surface area contributed by atoms with Gasteiger partial charge in [0.2, 0.25) is 5.91 Å². The number of carbonyl (C=O) groups excluding carboxylic acids is 1. The van der Waals surface area contributed by atoms with Crippen molar-refractivity contribution in [3.8, 4) is 0 Å². The van der Waals surface area contributed by atoms with Crippen LogP contribution < -0.4 is 5.32 Å². The van der Waals surface area contributed by atoms with E-state index in [1.165, 1.54) is 0 Å². The molecule has 0 saturated carbocycles. The SMILES string of the molecule is Cc1ccc(NC(=O)CCl)c(/C(=N/O)c2ccccc2)c1. The zero-order chi connectivity index (χ0) is 15.2. The monoisotopic (exact) mass is 302 g/mol. The number of aryl methyl sites for hydroxylation is 1. The van der Waals surface area contributed by atoms with Gasteiger partial charge in [0, 0.05) is 11.1 Å². The molecule has 0 bridgehead atoms. The van der Waals surface area contributed by atoms with Gasteiger partial charge in [-0.2, -0.15) is 0 Å². The zero-order valence-corrected chi connectivity index (χ0v) is 12.3. The second kappa shape index (κ2) is 6.90. The number of carbonyl (C=O) groups is 1. The van der Waals surface area contributed by atoms with Gasteiger partial charge in [0.05, 0.1) is 5.69 Å². The maximum absolute atomic E-state index is 11.5. The van der Waals surface area contributed by atoms with Crippen LogP contribution in [-0.4, -0.2) is 22.7 Å². The van der Waals surface area contributed by atoms with Crippen molar-refractivity contribution in [1.82, 2.24) is 0 Å². The molecule has 2 N–H and O–H groups in total. The fourth-order valence-corrected chi connectivity index (χ4v) is 2.08. The summed E-state index contributed by atoms with van der Waals surface area (Å²) in [5, 5.41) is 15.5. The van der Waals surface area contributed by atoms with Crippen molar-refractivity contribution in [1.29, 1.82) is 0 Å². The van der Waals surface area contributed by atoms with Crippen LogP contribution in [0.15, 0.2) is 53.7 Å². The third-order valence-corrected chi connectivity index (χ3v) is 3.22. The molecule has 1 amide bonds. The number of hydrogen-bond donors (Lipinski definition) is 2. The van der Waals surface area contributed by atoms with Crippen LogP contribution >= 0.6 is 11.6 Å². The molecule has 0 spiro atoms. The first-order valence-corrected chi connectivity index (χ1v) is 6.93. The highest BCUT2D eigenvalue weighted by molar-refractivity contribution is 6.29. The molecule has 5 heteroatoms. The van der Waals surface area contributed by atoms with Crippen molar-refractivity contribution in [2.75, 3.05) is 11.2 Å². The van der Waals surface area contributed by atoms with Gasteiger partial charge in [0.1, 0.15) is 11.6 Å². The molecular weight excluding hydrogens is 288 g/mol. The maximum Gasteiger partial charge on any atom is 0.239 e. The number of nitrogens with one attached hydrogen (secondary N) is 1. The Morgan fingerprint density at radius 1 is 1.24 bits per heavy atom. The van der Waals surface area contributed by atoms with Crippen LogP contribution in [0.3, 0.4) is 0 Å². The minimum absolute atomic E-state index is 0.135. The average molecular weight is 303 g/mol. The van der Waals surface area contributed by atoms with Gasteiger partial charge in [-0.1, -0.05) is 47.1 Å². The van der Waals surface area contributed by atoms with Crippen molar-refractivity contribution in [2.45, 2.75) is 6.92 Å². The standard InChI is InChI=1S/C16H15ClN2O2/c1-11-7-8-14(18-15(20)10-17)13(9-11)16(19-21)12-5-3-2-4-6-12/h2-9,21H,10H2,1H3,(H,18,20)/b19-16+. The summed E-state index contributed by atoms with van der Waals surface area (Å²) >= 11 is 5.52. The van der Waals surface area contributed by atoms with Gasteiger partial charge in [-0.05, 0) is 19.1 Å². The second-order valence-electron chi connectivity index (χ2n) is 4.55. The zero-order valence-electron chi connectivity index (χ0n) is 11.5. The number of oxime groups is 1. The minimum atomic E-state index is -0.313. The van der Waals surface area contributed by atoms with Crippen LogP contribution in [0.1, 0.15) is 16.7 Å². The van der Waals surface area contributed by atoms with Gasteiger partial charge in [-0.15, -0.1) is 11.6 Å². The number of rotatable bonds is 4. The molecule has 0 heterocycles. The Labute approximate surface area is 128 Å². The van der Waals surface area contributed by atoms with E-state index in [9.17, 15) is 10.0 Å². The molecule has 2 aromatic carbocycles. The third kappa shape index (κ3) is 3.61. The first-order valence-electron chi connectivity index (χ1n) is 6.40. The highest BCUT2D eigenvalue weighted by Gasteiger charge is 2.14. The largest absolute Gasteiger partial charge is 0.410 e. The van der Waals surface area contributed by atoms with E-state index in [0.717, 1.165) is 11.1 Å². The van der Waals surface area contributed by atoms with Gasteiger partial charge in [-0.3, -0.25) is 4.79 Å². The highest BCUT2D eigenvalue weighted by atomic mass is 35.5. The van der Waals surface area contributed by atoms with Crippen LogP contribution in [0.5, 0.6) is 0 Å². The fourth-order valence-electron chi connectivity index (χ4n) is 2.01. The van der Waals surface area contributed by atoms with Crippen molar-refractivity contribution >= 4 is 28.9 Å². The summed E-state index contributed by atoms with van der Waals surface area (Å²) in [6, 6.07) is 14.8. The average Bonchev–Trinajstić information content (AvgIpc) is 2.51. The van der Waals surface area contributed by atoms with E-state index < -0.39 is 0 Å². The van der Waals surface area contributed by atoms with Crippen LogP contribution in [0, 0.1) is 6.92 Å². The summed E-state index contributed by atoms with van der Waals surface area (Å²) in [6.07, 6.45) is 0. The van der Waals surface area contributed by atoms with E-state index >= 15 is 0 Å². The molecule has 0 unspecified atom stereocenters. The van der Waals surface area contributed by atoms with Gasteiger partial charge in [0.25, 0.3) is 0 Å². The number of nitrogens with zero attached hydrogens (tertiary/aromatic N) is 1. The number of anilines is 1. The Bertz CT molecular complexity index is 669. The number of alkyl halides is 1. The Morgan fingerprint density at radius 2 is 1.95 bits per heavy atom. The van der Waals surface area contributed by atoms with Crippen LogP contribution in [0.2, 0.25) is 0 Å². The van der Waals surface area contributed by atoms with Gasteiger partial charge >= 0.3 is 0 Å². The summed E-state index contributed by atoms with van der Waals surface area (Å²) < 4.78 is 0. The van der Waals surface area contributed by atoms with Crippen molar-refractivity contribution in [3.05, 3.63) is 65.2 Å². The molecular formula is C16H15ClN2O2. The molecule has 0 saturated heterocycles. The summed E-state index contributed by atoms with van der Waals surface area (Å²) in [5.74, 6) is -0.448. The van der Waals surface area contributed by atoms with Gasteiger partial charge < -0.3 is 10.5 Å². The fraction of sp³-hybridized carbons (Fsp3) is 0.125. The summed E-state index contributed by atoms with van der Waals surface area (Å²) in [5.41, 5.74) is 3.34. The highest BCUT2D eigenvalue weighted by Crippen LogP contribution is 2.22. The molecule has 108 valence electrons. The second-order valence-corrected chi connectivity index (χ2v) is 4.81.